The van der Waals surface area contributed by atoms with Crippen molar-refractivity contribution in [1.29, 1.82) is 0 Å². The maximum atomic E-state index is 10.9. The summed E-state index contributed by atoms with van der Waals surface area (Å²) in [5, 5.41) is 8.99. The second-order valence-electron chi connectivity index (χ2n) is 5.23. The van der Waals surface area contributed by atoms with Crippen molar-refractivity contribution < 1.29 is 9.90 Å². The van der Waals surface area contributed by atoms with Gasteiger partial charge in [0.2, 0.25) is 0 Å². The Hall–Kier alpha value is -1.58. The van der Waals surface area contributed by atoms with Gasteiger partial charge in [-0.05, 0) is 43.7 Å². The molecule has 1 fully saturated rings. The van der Waals surface area contributed by atoms with Crippen LogP contribution in [0, 0.1) is 5.92 Å². The number of anilines is 1. The molecule has 0 atom stereocenters. The third kappa shape index (κ3) is 2.81. The van der Waals surface area contributed by atoms with Crippen LogP contribution in [0.4, 0.5) is 5.82 Å². The summed E-state index contributed by atoms with van der Waals surface area (Å²) in [6.45, 7) is 2.29. The first kappa shape index (κ1) is 12.9. The van der Waals surface area contributed by atoms with Gasteiger partial charge in [0.25, 0.3) is 0 Å². The summed E-state index contributed by atoms with van der Waals surface area (Å²) in [6, 6.07) is 3.67. The number of hydrogen-bond acceptors (Lipinski definition) is 3. The highest BCUT2D eigenvalue weighted by atomic mass is 16.4. The predicted molar refractivity (Wildman–Crippen MR) is 71.0 cm³/mol. The first-order valence-electron chi connectivity index (χ1n) is 6.50. The number of carbonyl (C=O) groups is 1. The fraction of sp³-hybridized carbons (Fsp3) is 0.571. The smallest absolute Gasteiger partial charge is 0.335 e. The molecular formula is C14H20N2O2. The van der Waals surface area contributed by atoms with Crippen LogP contribution >= 0.6 is 0 Å². The van der Waals surface area contributed by atoms with E-state index in [-0.39, 0.29) is 0 Å². The minimum absolute atomic E-state index is 0.302. The lowest BCUT2D eigenvalue weighted by atomic mass is 9.87. The van der Waals surface area contributed by atoms with Crippen LogP contribution in [0.1, 0.15) is 43.0 Å². The van der Waals surface area contributed by atoms with Gasteiger partial charge in [0.15, 0.2) is 0 Å². The molecule has 1 heterocycles. The lowest BCUT2D eigenvalue weighted by Crippen LogP contribution is -2.35. The molecule has 0 aromatic carbocycles. The molecule has 4 heteroatoms. The molecule has 1 aliphatic rings. The van der Waals surface area contributed by atoms with Crippen molar-refractivity contribution in [2.75, 3.05) is 11.9 Å². The number of aromatic nitrogens is 1. The van der Waals surface area contributed by atoms with E-state index in [0.717, 1.165) is 24.6 Å². The molecule has 4 nitrogen and oxygen atoms in total. The number of hydrogen-bond donors (Lipinski definition) is 1. The Morgan fingerprint density at radius 1 is 1.39 bits per heavy atom. The Labute approximate surface area is 108 Å². The van der Waals surface area contributed by atoms with Gasteiger partial charge in [0.1, 0.15) is 5.82 Å². The van der Waals surface area contributed by atoms with Gasteiger partial charge in [-0.2, -0.15) is 0 Å². The molecule has 2 rings (SSSR count). The average Bonchev–Trinajstić information content (AvgIpc) is 2.39. The Kier molecular flexibility index (Phi) is 3.84. The molecule has 1 saturated carbocycles. The van der Waals surface area contributed by atoms with Crippen molar-refractivity contribution in [3.05, 3.63) is 23.9 Å². The van der Waals surface area contributed by atoms with E-state index in [2.05, 4.69) is 16.8 Å². The zero-order valence-electron chi connectivity index (χ0n) is 11.0. The van der Waals surface area contributed by atoms with Crippen molar-refractivity contribution >= 4 is 11.8 Å². The minimum Gasteiger partial charge on any atom is -0.478 e. The molecule has 18 heavy (non-hydrogen) atoms. The predicted octanol–water partition coefficient (Wildman–Crippen LogP) is 2.79. The summed E-state index contributed by atoms with van der Waals surface area (Å²) < 4.78 is 0. The highest BCUT2D eigenvalue weighted by Crippen LogP contribution is 2.28. The highest BCUT2D eigenvalue weighted by molar-refractivity contribution is 5.88. The summed E-state index contributed by atoms with van der Waals surface area (Å²) in [7, 11) is 2.01. The van der Waals surface area contributed by atoms with Crippen LogP contribution in [0.2, 0.25) is 0 Å². The zero-order valence-corrected chi connectivity index (χ0v) is 11.0. The van der Waals surface area contributed by atoms with Gasteiger partial charge < -0.3 is 10.0 Å². The topological polar surface area (TPSA) is 53.4 Å². The zero-order chi connectivity index (χ0) is 13.1. The second-order valence-corrected chi connectivity index (χ2v) is 5.23. The highest BCUT2D eigenvalue weighted by Gasteiger charge is 2.22. The second kappa shape index (κ2) is 5.38. The first-order chi connectivity index (χ1) is 8.58. The maximum Gasteiger partial charge on any atom is 0.335 e. The molecule has 0 radical (unpaired) electrons. The normalized spacial score (nSPS) is 23.7. The van der Waals surface area contributed by atoms with E-state index in [0.29, 0.717) is 11.6 Å². The SMILES string of the molecule is CC1CCC(N(C)c2cc(C(=O)O)ccn2)CC1. The van der Waals surface area contributed by atoms with Gasteiger partial charge in [-0.3, -0.25) is 0 Å². The monoisotopic (exact) mass is 248 g/mol. The molecule has 0 bridgehead atoms. The van der Waals surface area contributed by atoms with Crippen LogP contribution in [0.15, 0.2) is 18.3 Å². The van der Waals surface area contributed by atoms with E-state index in [9.17, 15) is 4.79 Å². The van der Waals surface area contributed by atoms with Gasteiger partial charge in [-0.15, -0.1) is 0 Å². The quantitative estimate of drug-likeness (QED) is 0.893. The van der Waals surface area contributed by atoms with E-state index in [1.54, 1.807) is 12.3 Å². The fourth-order valence-electron chi connectivity index (χ4n) is 2.56. The largest absolute Gasteiger partial charge is 0.478 e. The Bertz CT molecular complexity index is 426. The third-order valence-corrected chi connectivity index (χ3v) is 3.89. The summed E-state index contributed by atoms with van der Waals surface area (Å²) in [5.41, 5.74) is 0.302. The summed E-state index contributed by atoms with van der Waals surface area (Å²) >= 11 is 0. The number of pyridine rings is 1. The van der Waals surface area contributed by atoms with Crippen LogP contribution in [-0.2, 0) is 0 Å². The van der Waals surface area contributed by atoms with E-state index < -0.39 is 5.97 Å². The van der Waals surface area contributed by atoms with Crippen molar-refractivity contribution in [2.45, 2.75) is 38.6 Å². The summed E-state index contributed by atoms with van der Waals surface area (Å²) in [6.07, 6.45) is 6.38. The standard InChI is InChI=1S/C14H20N2O2/c1-10-3-5-12(6-4-10)16(2)13-9-11(14(17)18)7-8-15-13/h7-10,12H,3-6H2,1-2H3,(H,17,18). The van der Waals surface area contributed by atoms with Crippen LogP contribution in [-0.4, -0.2) is 29.1 Å². The van der Waals surface area contributed by atoms with E-state index in [4.69, 9.17) is 5.11 Å². The number of rotatable bonds is 3. The average molecular weight is 248 g/mol. The van der Waals surface area contributed by atoms with Gasteiger partial charge in [-0.1, -0.05) is 6.92 Å². The summed E-state index contributed by atoms with van der Waals surface area (Å²) in [4.78, 5) is 17.4. The van der Waals surface area contributed by atoms with Crippen molar-refractivity contribution in [3.63, 3.8) is 0 Å². The van der Waals surface area contributed by atoms with Crippen LogP contribution in [0.5, 0.6) is 0 Å². The Morgan fingerprint density at radius 2 is 2.06 bits per heavy atom. The molecule has 98 valence electrons. The van der Waals surface area contributed by atoms with Crippen molar-refractivity contribution in [2.24, 2.45) is 5.92 Å². The number of carboxylic acid groups (broad SMARTS) is 1. The van der Waals surface area contributed by atoms with Crippen LogP contribution < -0.4 is 4.90 Å². The molecule has 1 aromatic rings. The number of aromatic carboxylic acids is 1. The fourth-order valence-corrected chi connectivity index (χ4v) is 2.56. The maximum absolute atomic E-state index is 10.9. The lowest BCUT2D eigenvalue weighted by Gasteiger charge is -2.34. The molecule has 0 saturated heterocycles. The molecule has 0 spiro atoms. The van der Waals surface area contributed by atoms with Gasteiger partial charge in [0, 0.05) is 19.3 Å². The van der Waals surface area contributed by atoms with Gasteiger partial charge in [0.05, 0.1) is 5.56 Å². The Morgan fingerprint density at radius 3 is 2.67 bits per heavy atom. The molecule has 0 aliphatic heterocycles. The van der Waals surface area contributed by atoms with Gasteiger partial charge >= 0.3 is 5.97 Å². The van der Waals surface area contributed by atoms with Crippen molar-refractivity contribution in [3.8, 4) is 0 Å². The van der Waals surface area contributed by atoms with E-state index in [1.165, 1.54) is 18.9 Å². The molecule has 1 N–H and O–H groups in total. The van der Waals surface area contributed by atoms with Crippen LogP contribution in [0.3, 0.4) is 0 Å². The van der Waals surface area contributed by atoms with E-state index in [1.807, 2.05) is 7.05 Å². The molecule has 0 unspecified atom stereocenters. The first-order valence-corrected chi connectivity index (χ1v) is 6.50. The van der Waals surface area contributed by atoms with Crippen LogP contribution in [0.25, 0.3) is 0 Å². The molecule has 1 aromatic heterocycles. The number of carboxylic acids is 1. The summed E-state index contributed by atoms with van der Waals surface area (Å²) in [5.74, 6) is 0.673. The number of nitrogens with zero attached hydrogens (tertiary/aromatic N) is 2. The van der Waals surface area contributed by atoms with E-state index >= 15 is 0 Å². The van der Waals surface area contributed by atoms with Crippen molar-refractivity contribution in [1.82, 2.24) is 4.98 Å². The minimum atomic E-state index is -0.899. The lowest BCUT2D eigenvalue weighted by molar-refractivity contribution is 0.0697. The van der Waals surface area contributed by atoms with Gasteiger partial charge in [-0.25, -0.2) is 9.78 Å². The third-order valence-electron chi connectivity index (χ3n) is 3.89. The molecule has 1 aliphatic carbocycles. The molecular weight excluding hydrogens is 228 g/mol. The molecule has 0 amide bonds. The Balaban J connectivity index is 2.10.